The Labute approximate surface area is 161 Å². The zero-order chi connectivity index (χ0) is 18.8. The molecule has 27 heavy (non-hydrogen) atoms. The summed E-state index contributed by atoms with van der Waals surface area (Å²) in [5.74, 6) is 0.958. The maximum absolute atomic E-state index is 13.1. The molecule has 0 N–H and O–H groups in total. The molecular weight excluding hydrogens is 338 g/mol. The van der Waals surface area contributed by atoms with E-state index < -0.39 is 0 Å². The van der Waals surface area contributed by atoms with Crippen molar-refractivity contribution in [2.24, 2.45) is 0 Å². The summed E-state index contributed by atoms with van der Waals surface area (Å²) in [7, 11) is 1.65. The van der Waals surface area contributed by atoms with Crippen molar-refractivity contribution in [3.63, 3.8) is 0 Å². The number of anilines is 2. The number of piperazine rings is 1. The van der Waals surface area contributed by atoms with Gasteiger partial charge in [-0.25, -0.2) is 0 Å². The molecule has 0 saturated carbocycles. The number of carbonyl (C=O) groups excluding carboxylic acids is 1. The summed E-state index contributed by atoms with van der Waals surface area (Å²) < 4.78 is 5.45. The predicted octanol–water partition coefficient (Wildman–Crippen LogP) is 2.93. The molecule has 2 aromatic rings. The summed E-state index contributed by atoms with van der Waals surface area (Å²) in [6.45, 7) is 6.64. The summed E-state index contributed by atoms with van der Waals surface area (Å²) in [5.41, 5.74) is 3.45. The minimum Gasteiger partial charge on any atom is -0.495 e. The molecule has 0 aromatic heterocycles. The lowest BCUT2D eigenvalue weighted by Gasteiger charge is -2.38. The van der Waals surface area contributed by atoms with E-state index in [0.29, 0.717) is 0 Å². The lowest BCUT2D eigenvalue weighted by molar-refractivity contribution is -0.121. The highest BCUT2D eigenvalue weighted by Gasteiger charge is 2.38. The quantitative estimate of drug-likeness (QED) is 0.835. The molecule has 2 aromatic carbocycles. The SMILES string of the molecule is COc1ccccc1N1CCC(N2CCN(c3cccc(C)c3)CC2)C1=O. The second-order valence-electron chi connectivity index (χ2n) is 7.33. The third-order valence-electron chi connectivity index (χ3n) is 5.68. The molecule has 1 unspecified atom stereocenters. The summed E-state index contributed by atoms with van der Waals surface area (Å²) >= 11 is 0. The maximum atomic E-state index is 13.1. The summed E-state index contributed by atoms with van der Waals surface area (Å²) in [6, 6.07) is 16.4. The zero-order valence-corrected chi connectivity index (χ0v) is 16.1. The molecule has 0 bridgehead atoms. The van der Waals surface area contributed by atoms with Gasteiger partial charge in [-0.15, -0.1) is 0 Å². The number of amides is 1. The van der Waals surface area contributed by atoms with Gasteiger partial charge in [0.05, 0.1) is 18.8 Å². The molecule has 1 amide bonds. The molecule has 2 aliphatic rings. The van der Waals surface area contributed by atoms with Crippen LogP contribution in [0.2, 0.25) is 0 Å². The molecular formula is C22H27N3O2. The van der Waals surface area contributed by atoms with Crippen LogP contribution in [0.25, 0.3) is 0 Å². The topological polar surface area (TPSA) is 36.0 Å². The van der Waals surface area contributed by atoms with E-state index in [-0.39, 0.29) is 11.9 Å². The largest absolute Gasteiger partial charge is 0.495 e. The Balaban J connectivity index is 1.41. The van der Waals surface area contributed by atoms with Crippen molar-refractivity contribution in [1.29, 1.82) is 0 Å². The number of hydrogen-bond acceptors (Lipinski definition) is 4. The molecule has 5 nitrogen and oxygen atoms in total. The van der Waals surface area contributed by atoms with Crippen LogP contribution >= 0.6 is 0 Å². The molecule has 0 spiro atoms. The molecule has 5 heteroatoms. The van der Waals surface area contributed by atoms with Crippen molar-refractivity contribution in [2.75, 3.05) is 49.6 Å². The minimum atomic E-state index is -0.0189. The van der Waals surface area contributed by atoms with Crippen molar-refractivity contribution in [3.05, 3.63) is 54.1 Å². The van der Waals surface area contributed by atoms with Crippen molar-refractivity contribution >= 4 is 17.3 Å². The molecule has 142 valence electrons. The number of para-hydroxylation sites is 2. The lowest BCUT2D eigenvalue weighted by Crippen LogP contribution is -2.52. The minimum absolute atomic E-state index is 0.0189. The van der Waals surface area contributed by atoms with E-state index in [4.69, 9.17) is 4.74 Å². The predicted molar refractivity (Wildman–Crippen MR) is 109 cm³/mol. The second kappa shape index (κ2) is 7.61. The van der Waals surface area contributed by atoms with Crippen LogP contribution in [-0.2, 0) is 4.79 Å². The number of rotatable bonds is 4. The van der Waals surface area contributed by atoms with Crippen LogP contribution < -0.4 is 14.5 Å². The highest BCUT2D eigenvalue weighted by molar-refractivity contribution is 6.00. The van der Waals surface area contributed by atoms with Gasteiger partial charge in [-0.3, -0.25) is 9.69 Å². The molecule has 2 saturated heterocycles. The van der Waals surface area contributed by atoms with E-state index in [1.807, 2.05) is 29.2 Å². The summed E-state index contributed by atoms with van der Waals surface area (Å²) in [4.78, 5) is 19.7. The number of ether oxygens (including phenoxy) is 1. The lowest BCUT2D eigenvalue weighted by atomic mass is 10.1. The molecule has 2 fully saturated rings. The van der Waals surface area contributed by atoms with Crippen LogP contribution in [0.5, 0.6) is 5.75 Å². The number of nitrogens with zero attached hydrogens (tertiary/aromatic N) is 3. The Morgan fingerprint density at radius 2 is 1.74 bits per heavy atom. The van der Waals surface area contributed by atoms with Crippen molar-refractivity contribution < 1.29 is 9.53 Å². The van der Waals surface area contributed by atoms with Gasteiger partial charge in [-0.1, -0.05) is 24.3 Å². The van der Waals surface area contributed by atoms with E-state index in [1.54, 1.807) is 7.11 Å². The van der Waals surface area contributed by atoms with Crippen LogP contribution in [0.15, 0.2) is 48.5 Å². The first-order chi connectivity index (χ1) is 13.2. The van der Waals surface area contributed by atoms with Crippen LogP contribution in [0.4, 0.5) is 11.4 Å². The van der Waals surface area contributed by atoms with Crippen molar-refractivity contribution in [1.82, 2.24) is 4.90 Å². The van der Waals surface area contributed by atoms with Crippen molar-refractivity contribution in [3.8, 4) is 5.75 Å². The Morgan fingerprint density at radius 3 is 2.48 bits per heavy atom. The van der Waals surface area contributed by atoms with E-state index in [1.165, 1.54) is 11.3 Å². The smallest absolute Gasteiger partial charge is 0.244 e. The third-order valence-corrected chi connectivity index (χ3v) is 5.68. The highest BCUT2D eigenvalue weighted by Crippen LogP contribution is 2.32. The van der Waals surface area contributed by atoms with Crippen LogP contribution in [0, 0.1) is 6.92 Å². The van der Waals surface area contributed by atoms with E-state index in [2.05, 4.69) is 41.0 Å². The van der Waals surface area contributed by atoms with Crippen LogP contribution in [-0.4, -0.2) is 56.7 Å². The van der Waals surface area contributed by atoms with Crippen molar-refractivity contribution in [2.45, 2.75) is 19.4 Å². The third kappa shape index (κ3) is 3.52. The van der Waals surface area contributed by atoms with Gasteiger partial charge in [0.1, 0.15) is 5.75 Å². The van der Waals surface area contributed by atoms with Gasteiger partial charge in [-0.2, -0.15) is 0 Å². The molecule has 2 aliphatic heterocycles. The first kappa shape index (κ1) is 17.9. The highest BCUT2D eigenvalue weighted by atomic mass is 16.5. The van der Waals surface area contributed by atoms with Crippen LogP contribution in [0.1, 0.15) is 12.0 Å². The average Bonchev–Trinajstić information content (AvgIpc) is 3.09. The van der Waals surface area contributed by atoms with Crippen LogP contribution in [0.3, 0.4) is 0 Å². The summed E-state index contributed by atoms with van der Waals surface area (Å²) in [6.07, 6.45) is 0.876. The van der Waals surface area contributed by atoms with Gasteiger partial charge < -0.3 is 14.5 Å². The van der Waals surface area contributed by atoms with E-state index in [9.17, 15) is 4.79 Å². The Kier molecular flexibility index (Phi) is 5.03. The first-order valence-electron chi connectivity index (χ1n) is 9.67. The first-order valence-corrected chi connectivity index (χ1v) is 9.67. The van der Waals surface area contributed by atoms with E-state index >= 15 is 0 Å². The number of carbonyl (C=O) groups is 1. The maximum Gasteiger partial charge on any atom is 0.244 e. The van der Waals surface area contributed by atoms with Gasteiger partial charge in [0.2, 0.25) is 5.91 Å². The fourth-order valence-electron chi connectivity index (χ4n) is 4.21. The normalized spacial score (nSPS) is 21.0. The van der Waals surface area contributed by atoms with Gasteiger partial charge >= 0.3 is 0 Å². The Morgan fingerprint density at radius 1 is 0.963 bits per heavy atom. The monoisotopic (exact) mass is 365 g/mol. The Bertz CT molecular complexity index is 815. The summed E-state index contributed by atoms with van der Waals surface area (Å²) in [5, 5.41) is 0. The second-order valence-corrected chi connectivity index (χ2v) is 7.33. The molecule has 4 rings (SSSR count). The molecule has 0 radical (unpaired) electrons. The average molecular weight is 365 g/mol. The number of hydrogen-bond donors (Lipinski definition) is 0. The number of aryl methyl sites for hydroxylation is 1. The number of benzene rings is 2. The fourth-order valence-corrected chi connectivity index (χ4v) is 4.21. The standard InChI is InChI=1S/C22H27N3O2/c1-17-6-5-7-18(16-17)23-12-14-24(15-13-23)20-10-11-25(22(20)26)19-8-3-4-9-21(19)27-2/h3-9,16,20H,10-15H2,1-2H3. The molecule has 2 heterocycles. The molecule has 1 atom stereocenters. The molecule has 0 aliphatic carbocycles. The van der Waals surface area contributed by atoms with Gasteiger partial charge in [0.25, 0.3) is 0 Å². The van der Waals surface area contributed by atoms with Gasteiger partial charge in [-0.05, 0) is 43.2 Å². The number of methoxy groups -OCH3 is 1. The Hall–Kier alpha value is -2.53. The van der Waals surface area contributed by atoms with Gasteiger partial charge in [0.15, 0.2) is 0 Å². The van der Waals surface area contributed by atoms with E-state index in [0.717, 1.165) is 50.6 Å². The fraction of sp³-hybridized carbons (Fsp3) is 0.409. The van der Waals surface area contributed by atoms with Gasteiger partial charge in [0, 0.05) is 38.4 Å². The zero-order valence-electron chi connectivity index (χ0n) is 16.1.